The van der Waals surface area contributed by atoms with Crippen molar-refractivity contribution in [1.82, 2.24) is 14.8 Å². The zero-order chi connectivity index (χ0) is 12.3. The third-order valence-electron chi connectivity index (χ3n) is 2.20. The van der Waals surface area contributed by atoms with Gasteiger partial charge in [-0.05, 0) is 12.1 Å². The van der Waals surface area contributed by atoms with Crippen LogP contribution in [0.5, 0.6) is 5.88 Å². The van der Waals surface area contributed by atoms with Gasteiger partial charge in [-0.1, -0.05) is 0 Å². The number of aryl methyl sites for hydroxylation is 1. The van der Waals surface area contributed by atoms with E-state index in [4.69, 9.17) is 10.00 Å². The molecule has 6 nitrogen and oxygen atoms in total. The average Bonchev–Trinajstić information content (AvgIpc) is 2.70. The van der Waals surface area contributed by atoms with Crippen molar-refractivity contribution in [2.45, 2.75) is 0 Å². The van der Waals surface area contributed by atoms with Gasteiger partial charge in [0.25, 0.3) is 0 Å². The van der Waals surface area contributed by atoms with Crippen molar-refractivity contribution in [1.29, 1.82) is 5.26 Å². The maximum atomic E-state index is 8.62. The number of nitrogens with one attached hydrogen (secondary N) is 1. The molecule has 6 heteroatoms. The van der Waals surface area contributed by atoms with Gasteiger partial charge in [0.1, 0.15) is 11.8 Å². The number of rotatable bonds is 3. The van der Waals surface area contributed by atoms with Crippen LogP contribution in [0.3, 0.4) is 0 Å². The number of pyridine rings is 1. The Morgan fingerprint density at radius 2 is 2.29 bits per heavy atom. The molecule has 0 aromatic carbocycles. The summed E-state index contributed by atoms with van der Waals surface area (Å²) < 4.78 is 6.73. The SMILES string of the molecule is COc1cc(Nc2ccc(C#N)nc2)nn1C. The Bertz CT molecular complexity index is 552. The van der Waals surface area contributed by atoms with Crippen LogP contribution in [-0.4, -0.2) is 21.9 Å². The predicted molar refractivity (Wildman–Crippen MR) is 62.0 cm³/mol. The van der Waals surface area contributed by atoms with E-state index in [-0.39, 0.29) is 0 Å². The second-order valence-corrected chi connectivity index (χ2v) is 3.36. The van der Waals surface area contributed by atoms with E-state index in [9.17, 15) is 0 Å². The first-order valence-corrected chi connectivity index (χ1v) is 4.94. The van der Waals surface area contributed by atoms with Crippen LogP contribution in [0.2, 0.25) is 0 Å². The number of anilines is 2. The minimum atomic E-state index is 0.383. The number of aromatic nitrogens is 3. The molecule has 0 bridgehead atoms. The first-order chi connectivity index (χ1) is 8.22. The zero-order valence-electron chi connectivity index (χ0n) is 9.51. The van der Waals surface area contributed by atoms with Gasteiger partial charge in [0.15, 0.2) is 5.82 Å². The molecule has 0 saturated carbocycles. The van der Waals surface area contributed by atoms with E-state index in [0.717, 1.165) is 5.69 Å². The van der Waals surface area contributed by atoms with E-state index >= 15 is 0 Å². The van der Waals surface area contributed by atoms with Crippen molar-refractivity contribution < 1.29 is 4.74 Å². The number of hydrogen-bond donors (Lipinski definition) is 1. The van der Waals surface area contributed by atoms with Gasteiger partial charge in [-0.25, -0.2) is 9.67 Å². The van der Waals surface area contributed by atoms with Gasteiger partial charge in [-0.3, -0.25) is 0 Å². The second kappa shape index (κ2) is 4.53. The van der Waals surface area contributed by atoms with Crippen molar-refractivity contribution in [2.75, 3.05) is 12.4 Å². The summed E-state index contributed by atoms with van der Waals surface area (Å²) in [5.41, 5.74) is 1.15. The van der Waals surface area contributed by atoms with E-state index in [0.29, 0.717) is 17.4 Å². The topological polar surface area (TPSA) is 75.8 Å². The molecule has 0 amide bonds. The van der Waals surface area contributed by atoms with Crippen LogP contribution in [0.25, 0.3) is 0 Å². The summed E-state index contributed by atoms with van der Waals surface area (Å²) in [6, 6.07) is 7.15. The Morgan fingerprint density at radius 3 is 2.82 bits per heavy atom. The van der Waals surface area contributed by atoms with Gasteiger partial charge in [0, 0.05) is 13.1 Å². The molecule has 0 aliphatic rings. The molecule has 0 aliphatic carbocycles. The lowest BCUT2D eigenvalue weighted by Crippen LogP contribution is -1.96. The van der Waals surface area contributed by atoms with Gasteiger partial charge in [-0.2, -0.15) is 10.4 Å². The Hall–Kier alpha value is -2.55. The van der Waals surface area contributed by atoms with Crippen LogP contribution in [0.15, 0.2) is 24.4 Å². The molecule has 86 valence electrons. The molecule has 0 radical (unpaired) electrons. The molecular weight excluding hydrogens is 218 g/mol. The summed E-state index contributed by atoms with van der Waals surface area (Å²) in [5.74, 6) is 1.32. The summed E-state index contributed by atoms with van der Waals surface area (Å²) in [7, 11) is 3.38. The molecular formula is C11H11N5O. The summed E-state index contributed by atoms with van der Waals surface area (Å²) >= 11 is 0. The molecule has 1 N–H and O–H groups in total. The number of ether oxygens (including phenoxy) is 1. The fourth-order valence-electron chi connectivity index (χ4n) is 1.38. The van der Waals surface area contributed by atoms with Crippen molar-refractivity contribution in [3.05, 3.63) is 30.1 Å². The molecule has 2 aromatic heterocycles. The second-order valence-electron chi connectivity index (χ2n) is 3.36. The minimum absolute atomic E-state index is 0.383. The fraction of sp³-hybridized carbons (Fsp3) is 0.182. The highest BCUT2D eigenvalue weighted by Crippen LogP contribution is 2.19. The number of nitriles is 1. The Morgan fingerprint density at radius 1 is 1.47 bits per heavy atom. The van der Waals surface area contributed by atoms with E-state index in [1.807, 2.05) is 6.07 Å². The highest BCUT2D eigenvalue weighted by atomic mass is 16.5. The third-order valence-corrected chi connectivity index (χ3v) is 2.20. The summed E-state index contributed by atoms with van der Waals surface area (Å²) in [6.07, 6.45) is 1.58. The lowest BCUT2D eigenvalue weighted by atomic mass is 10.3. The number of nitrogens with zero attached hydrogens (tertiary/aromatic N) is 4. The Kier molecular flexibility index (Phi) is 2.92. The van der Waals surface area contributed by atoms with E-state index in [2.05, 4.69) is 15.4 Å². The molecule has 0 atom stereocenters. The maximum Gasteiger partial charge on any atom is 0.213 e. The molecule has 0 saturated heterocycles. The number of methoxy groups -OCH3 is 1. The van der Waals surface area contributed by atoms with Gasteiger partial charge in [0.05, 0.1) is 19.0 Å². The lowest BCUT2D eigenvalue weighted by molar-refractivity contribution is 0.373. The van der Waals surface area contributed by atoms with Crippen molar-refractivity contribution in [3.8, 4) is 11.9 Å². The van der Waals surface area contributed by atoms with Gasteiger partial charge < -0.3 is 10.1 Å². The van der Waals surface area contributed by atoms with Crippen LogP contribution in [0, 0.1) is 11.3 Å². The molecule has 2 rings (SSSR count). The minimum Gasteiger partial charge on any atom is -0.481 e. The van der Waals surface area contributed by atoms with Crippen LogP contribution < -0.4 is 10.1 Å². The normalized spacial score (nSPS) is 9.71. The third kappa shape index (κ3) is 2.34. The summed E-state index contributed by atoms with van der Waals surface area (Å²) in [4.78, 5) is 3.95. The van der Waals surface area contributed by atoms with Crippen molar-refractivity contribution in [3.63, 3.8) is 0 Å². The standard InChI is InChI=1S/C11H11N5O/c1-16-11(17-2)5-10(15-16)14-9-4-3-8(6-12)13-7-9/h3-5,7H,1-2H3,(H,14,15). The van der Waals surface area contributed by atoms with Crippen LogP contribution in [0.4, 0.5) is 11.5 Å². The van der Waals surface area contributed by atoms with Gasteiger partial charge >= 0.3 is 0 Å². The first-order valence-electron chi connectivity index (χ1n) is 4.94. The van der Waals surface area contributed by atoms with Gasteiger partial charge in [-0.15, -0.1) is 0 Å². The van der Waals surface area contributed by atoms with Crippen LogP contribution >= 0.6 is 0 Å². The quantitative estimate of drug-likeness (QED) is 0.861. The summed E-state index contributed by atoms with van der Waals surface area (Å²) in [6.45, 7) is 0. The highest BCUT2D eigenvalue weighted by molar-refractivity contribution is 5.56. The Balaban J connectivity index is 2.17. The van der Waals surface area contributed by atoms with Crippen molar-refractivity contribution in [2.24, 2.45) is 7.05 Å². The summed E-state index contributed by atoms with van der Waals surface area (Å²) in [5, 5.41) is 15.9. The Labute approximate surface area is 98.5 Å². The molecule has 2 heterocycles. The van der Waals surface area contributed by atoms with E-state index < -0.39 is 0 Å². The molecule has 17 heavy (non-hydrogen) atoms. The zero-order valence-corrected chi connectivity index (χ0v) is 9.51. The smallest absolute Gasteiger partial charge is 0.213 e. The molecule has 0 unspecified atom stereocenters. The van der Waals surface area contributed by atoms with Crippen LogP contribution in [-0.2, 0) is 7.05 Å². The predicted octanol–water partition coefficient (Wildman–Crippen LogP) is 1.44. The molecule has 0 fully saturated rings. The fourth-order valence-corrected chi connectivity index (χ4v) is 1.38. The number of hydrogen-bond acceptors (Lipinski definition) is 5. The molecule has 0 aliphatic heterocycles. The molecule has 2 aromatic rings. The highest BCUT2D eigenvalue weighted by Gasteiger charge is 2.05. The molecule has 0 spiro atoms. The van der Waals surface area contributed by atoms with E-state index in [1.54, 1.807) is 43.2 Å². The van der Waals surface area contributed by atoms with Gasteiger partial charge in [0.2, 0.25) is 5.88 Å². The largest absolute Gasteiger partial charge is 0.481 e. The first kappa shape index (κ1) is 11.0. The van der Waals surface area contributed by atoms with Crippen molar-refractivity contribution >= 4 is 11.5 Å². The lowest BCUT2D eigenvalue weighted by Gasteiger charge is -2.00. The average molecular weight is 229 g/mol. The maximum absolute atomic E-state index is 8.62. The van der Waals surface area contributed by atoms with Crippen LogP contribution in [0.1, 0.15) is 5.69 Å². The monoisotopic (exact) mass is 229 g/mol. The van der Waals surface area contributed by atoms with E-state index in [1.165, 1.54) is 0 Å².